The highest BCUT2D eigenvalue weighted by Gasteiger charge is 2.50. The van der Waals surface area contributed by atoms with E-state index in [0.717, 1.165) is 11.8 Å². The number of ketones is 1. The van der Waals surface area contributed by atoms with Gasteiger partial charge >= 0.3 is 0 Å². The fraction of sp³-hybridized carbons (Fsp3) is 0.660. The smallest absolute Gasteiger partial charge is 0.229 e. The van der Waals surface area contributed by atoms with Crippen molar-refractivity contribution >= 4 is 57.0 Å². The fourth-order valence-electron chi connectivity index (χ4n) is 9.67. The maximum absolute atomic E-state index is 14.4. The standard InChI is InChI=1S/C53H73IN2O19S2/c1-12-14-15-16-17-18-35(30-19-29(57)20-33(58)31(30)24-76-11)72-53-48(73-37-22-36(64-7)32(23-68-37)55-13-2)43(61)41(26(4)70-53)56-75-38-21-34(59)50(28(6)69-38)77-51(63)39-25(3)40(54)46(49(67-10)45(39)65-8)74-52-44(62)47(66-9)42(60)27(5)71-52/h15-16,19,24,26-28,32-38,41-44,47-48,50,52-53,55-56,58-62H,13,20-23H2,1-11H3/b16-15-,31-24?/t26?,27?,28?,32?,33?,34?,35-,36?,37?,38?,41?,42?,43?,44?,47?,48?,50?,52?,53?/m0/s1. The number of thioether (sulfide) groups is 2. The van der Waals surface area contributed by atoms with Gasteiger partial charge in [0.2, 0.25) is 17.2 Å². The van der Waals surface area contributed by atoms with Gasteiger partial charge in [-0.1, -0.05) is 36.4 Å². The van der Waals surface area contributed by atoms with Gasteiger partial charge in [0.25, 0.3) is 0 Å². The van der Waals surface area contributed by atoms with E-state index in [1.54, 1.807) is 53.2 Å². The van der Waals surface area contributed by atoms with Crippen LogP contribution in [0.3, 0.4) is 0 Å². The number of rotatable bonds is 19. The minimum atomic E-state index is -1.43. The molecule has 0 aromatic heterocycles. The van der Waals surface area contributed by atoms with Crippen molar-refractivity contribution < 1.29 is 92.1 Å². The first-order valence-electron chi connectivity index (χ1n) is 25.2. The van der Waals surface area contributed by atoms with E-state index in [1.165, 1.54) is 45.2 Å². The summed E-state index contributed by atoms with van der Waals surface area (Å²) in [4.78, 5) is 33.4. The second-order valence-electron chi connectivity index (χ2n) is 18.8. The average Bonchev–Trinajstić information content (AvgIpc) is 3.39. The topological polar surface area (TPSA) is 270 Å². The summed E-state index contributed by atoms with van der Waals surface area (Å²) in [6, 6.07) is -1.13. The van der Waals surface area contributed by atoms with Crippen LogP contribution in [0.5, 0.6) is 17.2 Å². The number of halogens is 1. The largest absolute Gasteiger partial charge is 0.492 e. The Bertz CT molecular complexity index is 2400. The molecule has 0 amide bonds. The number of aliphatic hydroxyl groups is 5. The number of methoxy groups -OCH3 is 4. The number of carbonyl (C=O) groups is 2. The number of carbonyl (C=O) groups excluding carboxylic acids is 2. The van der Waals surface area contributed by atoms with Gasteiger partial charge in [0.1, 0.15) is 36.6 Å². The van der Waals surface area contributed by atoms with E-state index >= 15 is 0 Å². The zero-order chi connectivity index (χ0) is 56.2. The second-order valence-corrected chi connectivity index (χ2v) is 21.7. The third-order valence-corrected chi connectivity index (χ3v) is 16.9. The molecule has 4 aliphatic heterocycles. The summed E-state index contributed by atoms with van der Waals surface area (Å²) in [5, 5.41) is 60.4. The van der Waals surface area contributed by atoms with Crippen LogP contribution in [0, 0.1) is 34.2 Å². The SMILES string of the molecule is CC#C/C=C\C#C[C@H](OC1OC(C)C(NOC2CC(O)C(SC(=O)c3c(C)c(I)c(OC4OC(C)C(O)C(OC)C4O)c(OC)c3OC)C(C)O2)C(O)C1OC1CC(OC)C(NCC)CO1)C1=CC(=O)CC(O)C1=CSC. The molecule has 21 nitrogen and oxygen atoms in total. The number of hydroxylamine groups is 1. The lowest BCUT2D eigenvalue weighted by atomic mass is 9.88. The van der Waals surface area contributed by atoms with Crippen molar-refractivity contribution in [3.05, 3.63) is 49.5 Å². The lowest BCUT2D eigenvalue weighted by Crippen LogP contribution is -2.65. The molecule has 0 bridgehead atoms. The Hall–Kier alpha value is -2.91. The highest BCUT2D eigenvalue weighted by atomic mass is 127. The minimum Gasteiger partial charge on any atom is -0.492 e. The van der Waals surface area contributed by atoms with Crippen LogP contribution in [0.15, 0.2) is 34.8 Å². The van der Waals surface area contributed by atoms with E-state index in [9.17, 15) is 35.1 Å². The molecule has 6 rings (SSSR count). The molecule has 1 aromatic rings. The Morgan fingerprint density at radius 3 is 2.26 bits per heavy atom. The first-order chi connectivity index (χ1) is 36.9. The molecule has 24 heteroatoms. The molecule has 1 aliphatic carbocycles. The van der Waals surface area contributed by atoms with Crippen molar-refractivity contribution in [1.82, 2.24) is 10.8 Å². The molecule has 0 spiro atoms. The van der Waals surface area contributed by atoms with E-state index < -0.39 is 109 Å². The van der Waals surface area contributed by atoms with Crippen LogP contribution in [0.4, 0.5) is 0 Å². The lowest BCUT2D eigenvalue weighted by molar-refractivity contribution is -0.336. The normalized spacial score (nSPS) is 35.6. The molecule has 0 radical (unpaired) electrons. The fourth-order valence-corrected chi connectivity index (χ4v) is 12.0. The monoisotopic (exact) mass is 1230 g/mol. The van der Waals surface area contributed by atoms with Gasteiger partial charge in [-0.3, -0.25) is 14.4 Å². The third-order valence-electron chi connectivity index (χ3n) is 13.7. The highest BCUT2D eigenvalue weighted by molar-refractivity contribution is 14.1. The van der Waals surface area contributed by atoms with Gasteiger partial charge in [-0.15, -0.1) is 17.7 Å². The Morgan fingerprint density at radius 2 is 1.61 bits per heavy atom. The van der Waals surface area contributed by atoms with Crippen molar-refractivity contribution in [2.45, 2.75) is 177 Å². The Morgan fingerprint density at radius 1 is 0.896 bits per heavy atom. The number of aliphatic hydroxyl groups excluding tert-OH is 5. The molecule has 7 N–H and O–H groups in total. The average molecular weight is 1230 g/mol. The second kappa shape index (κ2) is 29.7. The molecule has 428 valence electrons. The summed E-state index contributed by atoms with van der Waals surface area (Å²) in [5.41, 5.74) is 4.28. The van der Waals surface area contributed by atoms with Crippen LogP contribution < -0.4 is 25.0 Å². The number of hydrogen-bond acceptors (Lipinski definition) is 23. The van der Waals surface area contributed by atoms with Gasteiger partial charge in [0, 0.05) is 39.1 Å². The van der Waals surface area contributed by atoms with E-state index in [1.807, 2.05) is 35.8 Å². The third kappa shape index (κ3) is 15.2. The van der Waals surface area contributed by atoms with Gasteiger partial charge in [0.15, 0.2) is 36.2 Å². The van der Waals surface area contributed by atoms with Gasteiger partial charge in [-0.25, -0.2) is 0 Å². The Labute approximate surface area is 472 Å². The molecule has 0 saturated carbocycles. The zero-order valence-electron chi connectivity index (χ0n) is 45.0. The van der Waals surface area contributed by atoms with Crippen molar-refractivity contribution in [1.29, 1.82) is 0 Å². The summed E-state index contributed by atoms with van der Waals surface area (Å²) in [6.45, 7) is 11.3. The number of nitrogens with one attached hydrogen (secondary N) is 2. The van der Waals surface area contributed by atoms with Crippen molar-refractivity contribution in [2.24, 2.45) is 0 Å². The summed E-state index contributed by atoms with van der Waals surface area (Å²) >= 11 is 4.19. The van der Waals surface area contributed by atoms with Gasteiger partial charge in [0.05, 0.1) is 83.9 Å². The van der Waals surface area contributed by atoms with Crippen LogP contribution >= 0.6 is 46.1 Å². The number of ether oxygens (including phenoxy) is 11. The molecule has 18 unspecified atom stereocenters. The number of hydrogen-bond donors (Lipinski definition) is 7. The number of benzene rings is 1. The Balaban J connectivity index is 1.19. The minimum absolute atomic E-state index is 0.0444. The first-order valence-corrected chi connectivity index (χ1v) is 28.5. The van der Waals surface area contributed by atoms with Crippen LogP contribution in [0.2, 0.25) is 0 Å². The predicted molar refractivity (Wildman–Crippen MR) is 292 cm³/mol. The zero-order valence-corrected chi connectivity index (χ0v) is 48.8. The summed E-state index contributed by atoms with van der Waals surface area (Å²) in [7, 11) is 5.70. The molecule has 4 saturated heterocycles. The van der Waals surface area contributed by atoms with Gasteiger partial charge < -0.3 is 83.0 Å². The van der Waals surface area contributed by atoms with Crippen LogP contribution in [0.1, 0.15) is 69.8 Å². The molecular formula is C53H73IN2O19S2. The predicted octanol–water partition coefficient (Wildman–Crippen LogP) is 2.81. The summed E-state index contributed by atoms with van der Waals surface area (Å²) < 4.78 is 67.2. The first kappa shape index (κ1) is 63.3. The molecule has 19 atom stereocenters. The van der Waals surface area contributed by atoms with Crippen molar-refractivity contribution in [3.63, 3.8) is 0 Å². The van der Waals surface area contributed by atoms with Crippen LogP contribution in [0.25, 0.3) is 0 Å². The van der Waals surface area contributed by atoms with Crippen LogP contribution in [-0.2, 0) is 47.5 Å². The van der Waals surface area contributed by atoms with Gasteiger partial charge in [-0.05, 0) is 105 Å². The number of likely N-dealkylation sites (N-methyl/N-ethyl adjacent to an activating group) is 1. The maximum Gasteiger partial charge on any atom is 0.229 e. The number of allylic oxidation sites excluding steroid dienone is 3. The van der Waals surface area contributed by atoms with Crippen molar-refractivity contribution in [2.75, 3.05) is 47.8 Å². The van der Waals surface area contributed by atoms with E-state index in [0.29, 0.717) is 26.8 Å². The van der Waals surface area contributed by atoms with Crippen LogP contribution in [-0.4, -0.2) is 200 Å². The molecule has 1 aromatic carbocycles. The molecule has 77 heavy (non-hydrogen) atoms. The molecule has 4 fully saturated rings. The molecular weight excluding hydrogens is 1160 g/mol. The molecule has 5 aliphatic rings. The summed E-state index contributed by atoms with van der Waals surface area (Å²) in [5.74, 6) is 11.4. The van der Waals surface area contributed by atoms with E-state index in [4.69, 9.17) is 56.9 Å². The lowest BCUT2D eigenvalue weighted by Gasteiger charge is -2.46. The summed E-state index contributed by atoms with van der Waals surface area (Å²) in [6.07, 6.45) is -10.5. The highest BCUT2D eigenvalue weighted by Crippen LogP contribution is 2.49. The van der Waals surface area contributed by atoms with Gasteiger partial charge in [-0.2, -0.15) is 5.48 Å². The maximum atomic E-state index is 14.4. The molecule has 4 heterocycles. The Kier molecular flexibility index (Phi) is 24.4. The quantitative estimate of drug-likeness (QED) is 0.0596. The van der Waals surface area contributed by atoms with E-state index in [-0.39, 0.29) is 66.6 Å². The van der Waals surface area contributed by atoms with Crippen molar-refractivity contribution in [3.8, 4) is 40.9 Å². The van der Waals surface area contributed by atoms with E-state index in [2.05, 4.69) is 34.5 Å².